The van der Waals surface area contributed by atoms with Gasteiger partial charge in [-0.2, -0.15) is 5.10 Å². The minimum absolute atomic E-state index is 0.578. The van der Waals surface area contributed by atoms with Gasteiger partial charge in [0, 0.05) is 25.5 Å². The topological polar surface area (TPSA) is 29.9 Å². The number of rotatable bonds is 6. The second-order valence-corrected chi connectivity index (χ2v) is 6.24. The summed E-state index contributed by atoms with van der Waals surface area (Å²) in [6.07, 6.45) is 6.54. The summed E-state index contributed by atoms with van der Waals surface area (Å²) in [5.41, 5.74) is 3.02. The van der Waals surface area contributed by atoms with Crippen molar-refractivity contribution in [3.63, 3.8) is 0 Å². The lowest BCUT2D eigenvalue weighted by molar-refractivity contribution is 0.338. The molecule has 1 aliphatic carbocycles. The van der Waals surface area contributed by atoms with Crippen LogP contribution in [0.15, 0.2) is 42.7 Å². The van der Waals surface area contributed by atoms with Crippen LogP contribution >= 0.6 is 0 Å². The van der Waals surface area contributed by atoms with Crippen molar-refractivity contribution < 1.29 is 0 Å². The molecule has 1 aromatic carbocycles. The van der Waals surface area contributed by atoms with Gasteiger partial charge in [0.05, 0.1) is 5.69 Å². The lowest BCUT2D eigenvalue weighted by Crippen LogP contribution is -2.27. The van der Waals surface area contributed by atoms with Crippen LogP contribution in [0.2, 0.25) is 0 Å². The molecule has 1 heterocycles. The van der Waals surface area contributed by atoms with Crippen LogP contribution in [0, 0.1) is 11.3 Å². The molecule has 106 valence electrons. The summed E-state index contributed by atoms with van der Waals surface area (Å²) in [7, 11) is 0. The highest BCUT2D eigenvalue weighted by Crippen LogP contribution is 2.51. The third kappa shape index (κ3) is 2.78. The normalized spacial score (nSPS) is 16.6. The first-order valence-electron chi connectivity index (χ1n) is 7.49. The van der Waals surface area contributed by atoms with Gasteiger partial charge in [-0.15, -0.1) is 0 Å². The Morgan fingerprint density at radius 3 is 2.55 bits per heavy atom. The molecule has 0 spiro atoms. The Kier molecular flexibility index (Phi) is 3.62. The van der Waals surface area contributed by atoms with Gasteiger partial charge in [0.15, 0.2) is 0 Å². The molecular weight excluding hydrogens is 246 g/mol. The summed E-state index contributed by atoms with van der Waals surface area (Å²) in [6, 6.07) is 10.5. The van der Waals surface area contributed by atoms with E-state index < -0.39 is 0 Å². The zero-order valence-corrected chi connectivity index (χ0v) is 12.3. The Hall–Kier alpha value is -1.61. The maximum absolute atomic E-state index is 4.24. The van der Waals surface area contributed by atoms with Gasteiger partial charge in [0.25, 0.3) is 0 Å². The minimum Gasteiger partial charge on any atom is -0.312 e. The molecule has 3 nitrogen and oxygen atoms in total. The van der Waals surface area contributed by atoms with Gasteiger partial charge < -0.3 is 5.32 Å². The highest BCUT2D eigenvalue weighted by atomic mass is 15.3. The van der Waals surface area contributed by atoms with E-state index in [0.29, 0.717) is 5.41 Å². The van der Waals surface area contributed by atoms with Crippen molar-refractivity contribution in [3.8, 4) is 5.69 Å². The van der Waals surface area contributed by atoms with Gasteiger partial charge in [0.1, 0.15) is 0 Å². The van der Waals surface area contributed by atoms with Gasteiger partial charge >= 0.3 is 0 Å². The Morgan fingerprint density at radius 1 is 1.25 bits per heavy atom. The molecule has 1 fully saturated rings. The molecule has 1 N–H and O–H groups in total. The third-order valence-corrected chi connectivity index (χ3v) is 4.63. The first-order valence-corrected chi connectivity index (χ1v) is 7.49. The number of aromatic nitrogens is 2. The molecule has 1 aliphatic rings. The van der Waals surface area contributed by atoms with Crippen LogP contribution in [0.25, 0.3) is 5.69 Å². The molecule has 0 amide bonds. The van der Waals surface area contributed by atoms with Crippen molar-refractivity contribution in [2.75, 3.05) is 6.54 Å². The molecule has 1 saturated carbocycles. The highest BCUT2D eigenvalue weighted by molar-refractivity contribution is 5.33. The Bertz CT molecular complexity index is 536. The molecule has 3 rings (SSSR count). The van der Waals surface area contributed by atoms with Crippen molar-refractivity contribution in [1.82, 2.24) is 15.1 Å². The second kappa shape index (κ2) is 5.41. The molecule has 0 unspecified atom stereocenters. The largest absolute Gasteiger partial charge is 0.312 e. The van der Waals surface area contributed by atoms with Crippen LogP contribution in [0.3, 0.4) is 0 Å². The van der Waals surface area contributed by atoms with Crippen molar-refractivity contribution in [3.05, 3.63) is 48.3 Å². The SMILES string of the molecule is CC(C)C1(CNCc2ccc(-n3cccn3)cc2)CC1. The van der Waals surface area contributed by atoms with Crippen molar-refractivity contribution >= 4 is 0 Å². The summed E-state index contributed by atoms with van der Waals surface area (Å²) >= 11 is 0. The first-order chi connectivity index (χ1) is 9.70. The van der Waals surface area contributed by atoms with Crippen molar-refractivity contribution in [1.29, 1.82) is 0 Å². The fourth-order valence-corrected chi connectivity index (χ4v) is 2.76. The van der Waals surface area contributed by atoms with Crippen molar-refractivity contribution in [2.24, 2.45) is 11.3 Å². The number of nitrogens with zero attached hydrogens (tertiary/aromatic N) is 2. The molecule has 0 saturated heterocycles. The summed E-state index contributed by atoms with van der Waals surface area (Å²) in [4.78, 5) is 0. The molecule has 3 heteroatoms. The maximum Gasteiger partial charge on any atom is 0.0645 e. The van der Waals surface area contributed by atoms with Gasteiger partial charge in [-0.25, -0.2) is 4.68 Å². The molecule has 0 radical (unpaired) electrons. The number of hydrogen-bond donors (Lipinski definition) is 1. The van der Waals surface area contributed by atoms with Gasteiger partial charge in [0.2, 0.25) is 0 Å². The van der Waals surface area contributed by atoms with Gasteiger partial charge in [-0.05, 0) is 47.9 Å². The average molecular weight is 269 g/mol. The fraction of sp³-hybridized carbons (Fsp3) is 0.471. The number of hydrogen-bond acceptors (Lipinski definition) is 2. The fourth-order valence-electron chi connectivity index (χ4n) is 2.76. The summed E-state index contributed by atoms with van der Waals surface area (Å²) in [5, 5.41) is 7.86. The molecule has 20 heavy (non-hydrogen) atoms. The third-order valence-electron chi connectivity index (χ3n) is 4.63. The lowest BCUT2D eigenvalue weighted by Gasteiger charge is -2.20. The van der Waals surface area contributed by atoms with E-state index in [-0.39, 0.29) is 0 Å². The summed E-state index contributed by atoms with van der Waals surface area (Å²) in [6.45, 7) is 6.78. The quantitative estimate of drug-likeness (QED) is 0.871. The van der Waals surface area contributed by atoms with Crippen LogP contribution in [-0.4, -0.2) is 16.3 Å². The smallest absolute Gasteiger partial charge is 0.0645 e. The van der Waals surface area contributed by atoms with E-state index in [2.05, 4.69) is 48.5 Å². The average Bonchev–Trinajstić information content (AvgIpc) is 3.05. The standard InChI is InChI=1S/C17H23N3/c1-14(2)17(8-9-17)13-18-12-15-4-6-16(7-5-15)20-11-3-10-19-20/h3-7,10-11,14,18H,8-9,12-13H2,1-2H3. The molecule has 1 aromatic heterocycles. The minimum atomic E-state index is 0.578. The highest BCUT2D eigenvalue weighted by Gasteiger charge is 2.44. The van der Waals surface area contributed by atoms with E-state index >= 15 is 0 Å². The zero-order chi connectivity index (χ0) is 14.0. The predicted octanol–water partition coefficient (Wildman–Crippen LogP) is 3.40. The first kappa shape index (κ1) is 13.4. The second-order valence-electron chi connectivity index (χ2n) is 6.24. The molecule has 0 bridgehead atoms. The number of nitrogens with one attached hydrogen (secondary N) is 1. The van der Waals surface area contributed by atoms with E-state index in [0.717, 1.165) is 24.7 Å². The van der Waals surface area contributed by atoms with Crippen LogP contribution in [-0.2, 0) is 6.54 Å². The van der Waals surface area contributed by atoms with Crippen molar-refractivity contribution in [2.45, 2.75) is 33.2 Å². The van der Waals surface area contributed by atoms with Gasteiger partial charge in [-0.3, -0.25) is 0 Å². The Morgan fingerprint density at radius 2 is 2.00 bits per heavy atom. The van der Waals surface area contributed by atoms with E-state index in [1.807, 2.05) is 16.9 Å². The molecule has 2 aromatic rings. The van der Waals surface area contributed by atoms with Crippen LogP contribution < -0.4 is 5.32 Å². The Balaban J connectivity index is 1.54. The monoisotopic (exact) mass is 269 g/mol. The van der Waals surface area contributed by atoms with Gasteiger partial charge in [-0.1, -0.05) is 26.0 Å². The molecule has 0 atom stereocenters. The lowest BCUT2D eigenvalue weighted by atomic mass is 9.92. The maximum atomic E-state index is 4.24. The van der Waals surface area contributed by atoms with Crippen LogP contribution in [0.4, 0.5) is 0 Å². The molecule has 0 aliphatic heterocycles. The van der Waals surface area contributed by atoms with E-state index in [9.17, 15) is 0 Å². The van der Waals surface area contributed by atoms with E-state index in [4.69, 9.17) is 0 Å². The van der Waals surface area contributed by atoms with E-state index in [1.165, 1.54) is 18.4 Å². The van der Waals surface area contributed by atoms with Crippen LogP contribution in [0.1, 0.15) is 32.3 Å². The van der Waals surface area contributed by atoms with Crippen LogP contribution in [0.5, 0.6) is 0 Å². The summed E-state index contributed by atoms with van der Waals surface area (Å²) in [5.74, 6) is 0.789. The molecular formula is C17H23N3. The Labute approximate surface area is 121 Å². The zero-order valence-electron chi connectivity index (χ0n) is 12.3. The predicted molar refractivity (Wildman–Crippen MR) is 81.8 cm³/mol. The summed E-state index contributed by atoms with van der Waals surface area (Å²) < 4.78 is 1.88. The van der Waals surface area contributed by atoms with E-state index in [1.54, 1.807) is 6.20 Å². The number of benzene rings is 1.